The first-order valence-corrected chi connectivity index (χ1v) is 6.49. The molecule has 1 aromatic rings. The Bertz CT molecular complexity index is 418. The van der Waals surface area contributed by atoms with Crippen LogP contribution in [0.3, 0.4) is 0 Å². The third-order valence-electron chi connectivity index (χ3n) is 3.60. The Balaban J connectivity index is 1.93. The van der Waals surface area contributed by atoms with Crippen LogP contribution in [0.4, 0.5) is 0 Å². The standard InChI is InChI=1S/C13H22N4O/c1-9-10(2)15-16-13(12(9)8-14)18-7-6-17(3)11-4-5-11/h11H,4-8,14H2,1-3H3. The van der Waals surface area contributed by atoms with E-state index in [9.17, 15) is 0 Å². The molecule has 1 saturated carbocycles. The molecule has 1 fully saturated rings. The van der Waals surface area contributed by atoms with Gasteiger partial charge in [-0.2, -0.15) is 5.10 Å². The van der Waals surface area contributed by atoms with Gasteiger partial charge in [-0.15, -0.1) is 5.10 Å². The Hall–Kier alpha value is -1.20. The van der Waals surface area contributed by atoms with Crippen LogP contribution < -0.4 is 10.5 Å². The maximum Gasteiger partial charge on any atom is 0.238 e. The Morgan fingerprint density at radius 3 is 2.67 bits per heavy atom. The number of likely N-dealkylation sites (N-methyl/N-ethyl adjacent to an activating group) is 1. The number of nitrogens with zero attached hydrogens (tertiary/aromatic N) is 3. The summed E-state index contributed by atoms with van der Waals surface area (Å²) in [5.41, 5.74) is 8.72. The van der Waals surface area contributed by atoms with Gasteiger partial charge in [-0.05, 0) is 39.3 Å². The lowest BCUT2D eigenvalue weighted by atomic mass is 10.1. The second-order valence-electron chi connectivity index (χ2n) is 4.96. The molecule has 5 nitrogen and oxygen atoms in total. The van der Waals surface area contributed by atoms with Gasteiger partial charge in [0.25, 0.3) is 0 Å². The van der Waals surface area contributed by atoms with E-state index >= 15 is 0 Å². The highest BCUT2D eigenvalue weighted by molar-refractivity contribution is 5.34. The zero-order chi connectivity index (χ0) is 13.1. The van der Waals surface area contributed by atoms with E-state index in [2.05, 4.69) is 22.1 Å². The molecule has 0 aromatic carbocycles. The fourth-order valence-electron chi connectivity index (χ4n) is 1.98. The third kappa shape index (κ3) is 2.97. The van der Waals surface area contributed by atoms with Crippen LogP contribution >= 0.6 is 0 Å². The molecule has 0 saturated heterocycles. The summed E-state index contributed by atoms with van der Waals surface area (Å²) in [6.07, 6.45) is 2.63. The maximum atomic E-state index is 5.75. The van der Waals surface area contributed by atoms with Crippen molar-refractivity contribution in [3.8, 4) is 5.88 Å². The second kappa shape index (κ2) is 5.63. The van der Waals surface area contributed by atoms with Crippen molar-refractivity contribution in [2.75, 3.05) is 20.2 Å². The minimum absolute atomic E-state index is 0.440. The molecule has 1 aromatic heterocycles. The van der Waals surface area contributed by atoms with Gasteiger partial charge >= 0.3 is 0 Å². The molecule has 2 rings (SSSR count). The number of hydrogen-bond acceptors (Lipinski definition) is 5. The van der Waals surface area contributed by atoms with Gasteiger partial charge in [-0.1, -0.05) is 0 Å². The van der Waals surface area contributed by atoms with Gasteiger partial charge in [0.1, 0.15) is 6.61 Å². The molecule has 0 spiro atoms. The molecule has 0 atom stereocenters. The van der Waals surface area contributed by atoms with Crippen LogP contribution in [0.1, 0.15) is 29.7 Å². The first-order valence-electron chi connectivity index (χ1n) is 6.49. The van der Waals surface area contributed by atoms with Gasteiger partial charge in [0.05, 0.1) is 5.69 Å². The summed E-state index contributed by atoms with van der Waals surface area (Å²) < 4.78 is 5.72. The van der Waals surface area contributed by atoms with Crippen molar-refractivity contribution in [3.63, 3.8) is 0 Å². The lowest BCUT2D eigenvalue weighted by molar-refractivity contribution is 0.223. The number of hydrogen-bond donors (Lipinski definition) is 1. The van der Waals surface area contributed by atoms with Crippen LogP contribution in [-0.4, -0.2) is 41.3 Å². The van der Waals surface area contributed by atoms with E-state index in [1.54, 1.807) is 0 Å². The summed E-state index contributed by atoms with van der Waals surface area (Å²) >= 11 is 0. The SMILES string of the molecule is Cc1nnc(OCCN(C)C2CC2)c(CN)c1C. The topological polar surface area (TPSA) is 64.3 Å². The van der Waals surface area contributed by atoms with Gasteiger partial charge < -0.3 is 15.4 Å². The van der Waals surface area contributed by atoms with Crippen LogP contribution in [0.2, 0.25) is 0 Å². The van der Waals surface area contributed by atoms with E-state index in [1.165, 1.54) is 12.8 Å². The number of rotatable bonds is 6. The van der Waals surface area contributed by atoms with Crippen molar-refractivity contribution in [3.05, 3.63) is 16.8 Å². The summed E-state index contributed by atoms with van der Waals surface area (Å²) in [5, 5.41) is 8.18. The van der Waals surface area contributed by atoms with Crippen molar-refractivity contribution in [2.24, 2.45) is 5.73 Å². The summed E-state index contributed by atoms with van der Waals surface area (Å²) in [4.78, 5) is 2.33. The van der Waals surface area contributed by atoms with Crippen molar-refractivity contribution in [1.29, 1.82) is 0 Å². The highest BCUT2D eigenvalue weighted by Crippen LogP contribution is 2.25. The smallest absolute Gasteiger partial charge is 0.238 e. The molecular formula is C13H22N4O. The summed E-state index contributed by atoms with van der Waals surface area (Å²) in [5.74, 6) is 0.588. The first-order chi connectivity index (χ1) is 8.63. The van der Waals surface area contributed by atoms with E-state index in [0.29, 0.717) is 19.0 Å². The number of nitrogens with two attached hydrogens (primary N) is 1. The van der Waals surface area contributed by atoms with Gasteiger partial charge in [0.15, 0.2) is 0 Å². The van der Waals surface area contributed by atoms with Gasteiger partial charge in [-0.3, -0.25) is 0 Å². The Labute approximate surface area is 108 Å². The molecule has 0 radical (unpaired) electrons. The molecule has 0 unspecified atom stereocenters. The van der Waals surface area contributed by atoms with Crippen molar-refractivity contribution in [1.82, 2.24) is 15.1 Å². The number of aromatic nitrogens is 2. The molecule has 2 N–H and O–H groups in total. The molecule has 0 amide bonds. The minimum Gasteiger partial charge on any atom is -0.475 e. The van der Waals surface area contributed by atoms with Gasteiger partial charge in [-0.25, -0.2) is 0 Å². The largest absolute Gasteiger partial charge is 0.475 e. The van der Waals surface area contributed by atoms with Crippen LogP contribution in [0, 0.1) is 13.8 Å². The van der Waals surface area contributed by atoms with Crippen molar-refractivity contribution in [2.45, 2.75) is 39.3 Å². The Morgan fingerprint density at radius 2 is 2.06 bits per heavy atom. The normalized spacial score (nSPS) is 15.2. The van der Waals surface area contributed by atoms with E-state index in [4.69, 9.17) is 10.5 Å². The van der Waals surface area contributed by atoms with Crippen LogP contribution in [-0.2, 0) is 6.54 Å². The quantitative estimate of drug-likeness (QED) is 0.817. The summed E-state index contributed by atoms with van der Waals surface area (Å²) in [6.45, 7) is 5.94. The van der Waals surface area contributed by atoms with Crippen LogP contribution in [0.25, 0.3) is 0 Å². The van der Waals surface area contributed by atoms with Crippen molar-refractivity contribution < 1.29 is 4.74 Å². The van der Waals surface area contributed by atoms with Crippen molar-refractivity contribution >= 4 is 0 Å². The fourth-order valence-corrected chi connectivity index (χ4v) is 1.98. The monoisotopic (exact) mass is 250 g/mol. The Kier molecular flexibility index (Phi) is 4.14. The lowest BCUT2D eigenvalue weighted by Crippen LogP contribution is -2.26. The molecule has 0 aliphatic heterocycles. The van der Waals surface area contributed by atoms with Crippen LogP contribution in [0.15, 0.2) is 0 Å². The molecule has 18 heavy (non-hydrogen) atoms. The second-order valence-corrected chi connectivity index (χ2v) is 4.96. The lowest BCUT2D eigenvalue weighted by Gasteiger charge is -2.17. The predicted octanol–water partition coefficient (Wildman–Crippen LogP) is 1.03. The van der Waals surface area contributed by atoms with Crippen LogP contribution in [0.5, 0.6) is 5.88 Å². The average molecular weight is 250 g/mol. The predicted molar refractivity (Wildman–Crippen MR) is 70.5 cm³/mol. The van der Waals surface area contributed by atoms with Gasteiger partial charge in [0.2, 0.25) is 5.88 Å². The van der Waals surface area contributed by atoms with E-state index in [0.717, 1.165) is 29.4 Å². The number of aryl methyl sites for hydroxylation is 1. The third-order valence-corrected chi connectivity index (χ3v) is 3.60. The minimum atomic E-state index is 0.440. The summed E-state index contributed by atoms with van der Waals surface area (Å²) in [7, 11) is 2.14. The average Bonchev–Trinajstić information content (AvgIpc) is 3.18. The molecule has 100 valence electrons. The highest BCUT2D eigenvalue weighted by atomic mass is 16.5. The molecule has 5 heteroatoms. The zero-order valence-corrected chi connectivity index (χ0v) is 11.4. The maximum absolute atomic E-state index is 5.75. The number of ether oxygens (including phenoxy) is 1. The molecule has 0 bridgehead atoms. The fraction of sp³-hybridized carbons (Fsp3) is 0.692. The first kappa shape index (κ1) is 13.2. The van der Waals surface area contributed by atoms with E-state index in [-0.39, 0.29) is 0 Å². The highest BCUT2D eigenvalue weighted by Gasteiger charge is 2.25. The molecule has 1 heterocycles. The summed E-state index contributed by atoms with van der Waals surface area (Å²) in [6, 6.07) is 0.758. The Morgan fingerprint density at radius 1 is 1.33 bits per heavy atom. The van der Waals surface area contributed by atoms with E-state index in [1.807, 2.05) is 13.8 Å². The zero-order valence-electron chi connectivity index (χ0n) is 11.4. The molecule has 1 aliphatic carbocycles. The van der Waals surface area contributed by atoms with Gasteiger partial charge in [0, 0.05) is 24.7 Å². The van der Waals surface area contributed by atoms with E-state index < -0.39 is 0 Å². The molecule has 1 aliphatic rings. The molecular weight excluding hydrogens is 228 g/mol.